The van der Waals surface area contributed by atoms with E-state index in [9.17, 15) is 4.79 Å². The SMILES string of the molecule is COc1ccc(CC(=O)NN=Cc2cn(Cc3ccc(I)cc3)c3ccccc23)cc1OC. The van der Waals surface area contributed by atoms with Gasteiger partial charge in [-0.15, -0.1) is 0 Å². The van der Waals surface area contributed by atoms with Gasteiger partial charge in [0, 0.05) is 32.8 Å². The third-order valence-electron chi connectivity index (χ3n) is 5.29. The van der Waals surface area contributed by atoms with Crippen molar-refractivity contribution < 1.29 is 14.3 Å². The molecular formula is C26H24IN3O3. The van der Waals surface area contributed by atoms with Crippen molar-refractivity contribution in [2.75, 3.05) is 14.2 Å². The van der Waals surface area contributed by atoms with E-state index in [1.54, 1.807) is 32.6 Å². The molecule has 33 heavy (non-hydrogen) atoms. The molecule has 0 saturated carbocycles. The molecule has 0 unspecified atom stereocenters. The van der Waals surface area contributed by atoms with Crippen molar-refractivity contribution in [3.8, 4) is 11.5 Å². The van der Waals surface area contributed by atoms with Crippen LogP contribution < -0.4 is 14.9 Å². The second-order valence-electron chi connectivity index (χ2n) is 7.52. The first-order chi connectivity index (χ1) is 16.1. The number of ether oxygens (including phenoxy) is 2. The molecule has 0 spiro atoms. The number of hydrogen-bond donors (Lipinski definition) is 1. The molecule has 6 nitrogen and oxygen atoms in total. The zero-order valence-electron chi connectivity index (χ0n) is 18.4. The Balaban J connectivity index is 1.47. The number of carbonyl (C=O) groups excluding carboxylic acids is 1. The monoisotopic (exact) mass is 553 g/mol. The zero-order chi connectivity index (χ0) is 23.2. The maximum Gasteiger partial charge on any atom is 0.244 e. The van der Waals surface area contributed by atoms with Gasteiger partial charge in [0.15, 0.2) is 11.5 Å². The quantitative estimate of drug-likeness (QED) is 0.190. The topological polar surface area (TPSA) is 64.8 Å². The van der Waals surface area contributed by atoms with Gasteiger partial charge < -0.3 is 14.0 Å². The minimum atomic E-state index is -0.207. The number of rotatable bonds is 8. The van der Waals surface area contributed by atoms with Crippen molar-refractivity contribution in [1.29, 1.82) is 0 Å². The van der Waals surface area contributed by atoms with Gasteiger partial charge in [-0.1, -0.05) is 36.4 Å². The van der Waals surface area contributed by atoms with E-state index in [-0.39, 0.29) is 12.3 Å². The van der Waals surface area contributed by atoms with E-state index in [4.69, 9.17) is 9.47 Å². The van der Waals surface area contributed by atoms with Crippen LogP contribution in [0.4, 0.5) is 0 Å². The summed E-state index contributed by atoms with van der Waals surface area (Å²) in [5.74, 6) is 1.01. The highest BCUT2D eigenvalue weighted by Crippen LogP contribution is 2.27. The van der Waals surface area contributed by atoms with Gasteiger partial charge in [0.05, 0.1) is 26.9 Å². The number of fused-ring (bicyclic) bond motifs is 1. The Morgan fingerprint density at radius 2 is 1.73 bits per heavy atom. The molecule has 7 heteroatoms. The minimum Gasteiger partial charge on any atom is -0.493 e. The molecule has 4 rings (SSSR count). The first-order valence-corrected chi connectivity index (χ1v) is 11.5. The summed E-state index contributed by atoms with van der Waals surface area (Å²) in [6.45, 7) is 0.761. The third kappa shape index (κ3) is 5.54. The van der Waals surface area contributed by atoms with Crippen LogP contribution >= 0.6 is 22.6 Å². The summed E-state index contributed by atoms with van der Waals surface area (Å²) in [5.41, 5.74) is 6.73. The van der Waals surface area contributed by atoms with E-state index in [0.29, 0.717) is 11.5 Å². The van der Waals surface area contributed by atoms with E-state index < -0.39 is 0 Å². The maximum atomic E-state index is 12.4. The smallest absolute Gasteiger partial charge is 0.244 e. The van der Waals surface area contributed by atoms with E-state index in [0.717, 1.165) is 28.6 Å². The van der Waals surface area contributed by atoms with Crippen molar-refractivity contribution in [3.63, 3.8) is 0 Å². The molecule has 0 fully saturated rings. The first-order valence-electron chi connectivity index (χ1n) is 10.4. The minimum absolute atomic E-state index is 0.187. The molecule has 168 valence electrons. The highest BCUT2D eigenvalue weighted by atomic mass is 127. The highest BCUT2D eigenvalue weighted by molar-refractivity contribution is 14.1. The molecule has 1 heterocycles. The molecule has 0 atom stereocenters. The predicted octanol–water partition coefficient (Wildman–Crippen LogP) is 5.00. The van der Waals surface area contributed by atoms with Crippen LogP contribution in [0.25, 0.3) is 10.9 Å². The number of benzene rings is 3. The average Bonchev–Trinajstić information content (AvgIpc) is 3.18. The standard InChI is InChI=1S/C26H24IN3O3/c1-32-24-12-9-19(13-25(24)33-2)14-26(31)29-28-15-20-17-30(23-6-4-3-5-22(20)23)16-18-7-10-21(27)11-8-18/h3-13,15,17H,14,16H2,1-2H3,(H,29,31). The fourth-order valence-corrected chi connectivity index (χ4v) is 4.04. The molecule has 0 aliphatic heterocycles. The summed E-state index contributed by atoms with van der Waals surface area (Å²) in [6.07, 6.45) is 3.94. The molecule has 1 amide bonds. The van der Waals surface area contributed by atoms with Crippen molar-refractivity contribution in [2.45, 2.75) is 13.0 Å². The Hall–Kier alpha value is -3.33. The summed E-state index contributed by atoms with van der Waals surface area (Å²) in [5, 5.41) is 5.29. The molecule has 1 aromatic heterocycles. The lowest BCUT2D eigenvalue weighted by molar-refractivity contribution is -0.120. The van der Waals surface area contributed by atoms with Crippen LogP contribution in [0.3, 0.4) is 0 Å². The molecule has 0 bridgehead atoms. The van der Waals surface area contributed by atoms with Gasteiger partial charge >= 0.3 is 0 Å². The fraction of sp³-hybridized carbons (Fsp3) is 0.154. The van der Waals surface area contributed by atoms with E-state index >= 15 is 0 Å². The van der Waals surface area contributed by atoms with Crippen molar-refractivity contribution in [2.24, 2.45) is 5.10 Å². The third-order valence-corrected chi connectivity index (χ3v) is 6.01. The number of nitrogens with zero attached hydrogens (tertiary/aromatic N) is 2. The largest absolute Gasteiger partial charge is 0.493 e. The molecule has 4 aromatic rings. The van der Waals surface area contributed by atoms with Crippen LogP contribution in [0.1, 0.15) is 16.7 Å². The summed E-state index contributed by atoms with van der Waals surface area (Å²) in [7, 11) is 3.15. The fourth-order valence-electron chi connectivity index (χ4n) is 3.68. The molecular weight excluding hydrogens is 529 g/mol. The molecule has 0 saturated heterocycles. The first kappa shape index (κ1) is 22.8. The van der Waals surface area contributed by atoms with Crippen LogP contribution in [0.5, 0.6) is 11.5 Å². The average molecular weight is 553 g/mol. The number of halogens is 1. The van der Waals surface area contributed by atoms with E-state index in [1.165, 1.54) is 9.13 Å². The Bertz CT molecular complexity index is 1300. The van der Waals surface area contributed by atoms with Gasteiger partial charge in [-0.2, -0.15) is 5.10 Å². The van der Waals surface area contributed by atoms with Crippen LogP contribution in [-0.4, -0.2) is 30.9 Å². The van der Waals surface area contributed by atoms with Crippen molar-refractivity contribution in [3.05, 3.63) is 93.2 Å². The lowest BCUT2D eigenvalue weighted by Gasteiger charge is -2.09. The molecule has 0 radical (unpaired) electrons. The van der Waals surface area contributed by atoms with E-state index in [2.05, 4.69) is 80.3 Å². The second-order valence-corrected chi connectivity index (χ2v) is 8.76. The summed E-state index contributed by atoms with van der Waals surface area (Å²) >= 11 is 2.31. The van der Waals surface area contributed by atoms with Crippen molar-refractivity contribution >= 4 is 45.6 Å². The number of para-hydroxylation sites is 1. The van der Waals surface area contributed by atoms with Crippen LogP contribution in [0.15, 0.2) is 78.0 Å². The lowest BCUT2D eigenvalue weighted by Crippen LogP contribution is -2.19. The molecule has 1 N–H and O–H groups in total. The van der Waals surface area contributed by atoms with Gasteiger partial charge in [-0.25, -0.2) is 5.43 Å². The van der Waals surface area contributed by atoms with Crippen LogP contribution in [0, 0.1) is 3.57 Å². The van der Waals surface area contributed by atoms with Crippen LogP contribution in [0.2, 0.25) is 0 Å². The van der Waals surface area contributed by atoms with Crippen LogP contribution in [-0.2, 0) is 17.8 Å². The Labute approximate surface area is 206 Å². The Morgan fingerprint density at radius 3 is 2.48 bits per heavy atom. The van der Waals surface area contributed by atoms with Gasteiger partial charge in [-0.05, 0) is 64.0 Å². The molecule has 0 aliphatic rings. The van der Waals surface area contributed by atoms with Gasteiger partial charge in [0.2, 0.25) is 5.91 Å². The number of hydrogen-bond acceptors (Lipinski definition) is 4. The van der Waals surface area contributed by atoms with Gasteiger partial charge in [-0.3, -0.25) is 4.79 Å². The van der Waals surface area contributed by atoms with Gasteiger partial charge in [0.25, 0.3) is 0 Å². The summed E-state index contributed by atoms with van der Waals surface area (Å²) in [6, 6.07) is 22.1. The van der Waals surface area contributed by atoms with Gasteiger partial charge in [0.1, 0.15) is 0 Å². The number of aromatic nitrogens is 1. The number of hydrazone groups is 1. The summed E-state index contributed by atoms with van der Waals surface area (Å²) < 4.78 is 14.0. The highest BCUT2D eigenvalue weighted by Gasteiger charge is 2.09. The second kappa shape index (κ2) is 10.5. The molecule has 3 aromatic carbocycles. The predicted molar refractivity (Wildman–Crippen MR) is 139 cm³/mol. The van der Waals surface area contributed by atoms with Crippen molar-refractivity contribution in [1.82, 2.24) is 9.99 Å². The number of nitrogens with one attached hydrogen (secondary N) is 1. The zero-order valence-corrected chi connectivity index (χ0v) is 20.6. The normalized spacial score (nSPS) is 11.1. The number of methoxy groups -OCH3 is 2. The lowest BCUT2D eigenvalue weighted by atomic mass is 10.1. The summed E-state index contributed by atoms with van der Waals surface area (Å²) in [4.78, 5) is 12.4. The Morgan fingerprint density at radius 1 is 1.00 bits per heavy atom. The molecule has 0 aliphatic carbocycles. The number of carbonyl (C=O) groups is 1. The Kier molecular flexibility index (Phi) is 7.29. The maximum absolute atomic E-state index is 12.4. The van der Waals surface area contributed by atoms with E-state index in [1.807, 2.05) is 18.2 Å². The number of amides is 1.